The molecule has 4 rings (SSSR count). The highest BCUT2D eigenvalue weighted by molar-refractivity contribution is 5.87. The van der Waals surface area contributed by atoms with Crippen LogP contribution in [0.3, 0.4) is 0 Å². The number of nitro benzene ring substituents is 1. The van der Waals surface area contributed by atoms with Crippen LogP contribution >= 0.6 is 0 Å². The number of anilines is 1. The molecule has 0 spiro atoms. The van der Waals surface area contributed by atoms with E-state index in [0.29, 0.717) is 6.04 Å². The standard InChI is InChI=1S/C17H22N4O2/c22-21(23)17-10-13-12-20(14-6-2-3-7-14)18-15(13)11-16(17)19-8-4-1-5-9-19/h10-12,14H,1-9H2. The molecule has 6 nitrogen and oxygen atoms in total. The number of rotatable bonds is 3. The number of hydrogen-bond donors (Lipinski definition) is 0. The molecule has 1 saturated heterocycles. The quantitative estimate of drug-likeness (QED) is 0.633. The Hall–Kier alpha value is -2.11. The summed E-state index contributed by atoms with van der Waals surface area (Å²) in [6.45, 7) is 1.80. The number of fused-ring (bicyclic) bond motifs is 1. The van der Waals surface area contributed by atoms with E-state index in [4.69, 9.17) is 5.10 Å². The van der Waals surface area contributed by atoms with E-state index in [2.05, 4.69) is 4.90 Å². The van der Waals surface area contributed by atoms with E-state index in [1.54, 1.807) is 6.07 Å². The zero-order valence-electron chi connectivity index (χ0n) is 13.3. The van der Waals surface area contributed by atoms with Crippen molar-refractivity contribution in [2.75, 3.05) is 18.0 Å². The second-order valence-electron chi connectivity index (χ2n) is 6.75. The maximum absolute atomic E-state index is 11.5. The van der Waals surface area contributed by atoms with Gasteiger partial charge in [0.1, 0.15) is 5.69 Å². The van der Waals surface area contributed by atoms with Crippen molar-refractivity contribution in [3.05, 3.63) is 28.4 Å². The molecule has 2 heterocycles. The topological polar surface area (TPSA) is 64.2 Å². The highest BCUT2D eigenvalue weighted by Gasteiger charge is 2.24. The van der Waals surface area contributed by atoms with Crippen LogP contribution in [0.5, 0.6) is 0 Å². The molecule has 1 aromatic heterocycles. The Morgan fingerprint density at radius 2 is 1.83 bits per heavy atom. The van der Waals surface area contributed by atoms with Gasteiger partial charge in [0, 0.05) is 30.7 Å². The van der Waals surface area contributed by atoms with Gasteiger partial charge in [-0.25, -0.2) is 0 Å². The third kappa shape index (κ3) is 2.66. The van der Waals surface area contributed by atoms with Gasteiger partial charge >= 0.3 is 0 Å². The van der Waals surface area contributed by atoms with Gasteiger partial charge in [-0.15, -0.1) is 0 Å². The Bertz CT molecular complexity index is 728. The fourth-order valence-corrected chi connectivity index (χ4v) is 3.96. The van der Waals surface area contributed by atoms with Gasteiger partial charge in [-0.1, -0.05) is 12.8 Å². The van der Waals surface area contributed by atoms with Gasteiger partial charge in [-0.3, -0.25) is 14.8 Å². The maximum Gasteiger partial charge on any atom is 0.293 e. The third-order valence-corrected chi connectivity index (χ3v) is 5.21. The predicted octanol–water partition coefficient (Wildman–Crippen LogP) is 4.05. The van der Waals surface area contributed by atoms with Gasteiger partial charge in [-0.05, 0) is 38.2 Å². The van der Waals surface area contributed by atoms with Gasteiger partial charge < -0.3 is 4.90 Å². The van der Waals surface area contributed by atoms with Crippen LogP contribution in [0.1, 0.15) is 51.0 Å². The molecule has 23 heavy (non-hydrogen) atoms. The summed E-state index contributed by atoms with van der Waals surface area (Å²) in [6.07, 6.45) is 10.2. The van der Waals surface area contributed by atoms with Crippen LogP contribution in [0.2, 0.25) is 0 Å². The molecule has 0 amide bonds. The highest BCUT2D eigenvalue weighted by atomic mass is 16.6. The highest BCUT2D eigenvalue weighted by Crippen LogP contribution is 2.36. The zero-order valence-corrected chi connectivity index (χ0v) is 13.3. The van der Waals surface area contributed by atoms with Crippen LogP contribution in [0.25, 0.3) is 10.9 Å². The number of nitro groups is 1. The summed E-state index contributed by atoms with van der Waals surface area (Å²) in [4.78, 5) is 13.4. The second-order valence-corrected chi connectivity index (χ2v) is 6.75. The lowest BCUT2D eigenvalue weighted by Crippen LogP contribution is -2.29. The minimum atomic E-state index is -0.254. The fraction of sp³-hybridized carbons (Fsp3) is 0.588. The Balaban J connectivity index is 1.77. The molecule has 6 heteroatoms. The molecule has 0 bridgehead atoms. The van der Waals surface area contributed by atoms with E-state index in [0.717, 1.165) is 55.4 Å². The van der Waals surface area contributed by atoms with Gasteiger partial charge in [0.05, 0.1) is 16.5 Å². The summed E-state index contributed by atoms with van der Waals surface area (Å²) >= 11 is 0. The van der Waals surface area contributed by atoms with Crippen molar-refractivity contribution in [2.24, 2.45) is 0 Å². The molecule has 0 N–H and O–H groups in total. The van der Waals surface area contributed by atoms with E-state index in [1.165, 1.54) is 19.3 Å². The van der Waals surface area contributed by atoms with E-state index in [1.807, 2.05) is 16.9 Å². The molecule has 0 atom stereocenters. The molecular weight excluding hydrogens is 292 g/mol. The Morgan fingerprint density at radius 3 is 2.52 bits per heavy atom. The van der Waals surface area contributed by atoms with Gasteiger partial charge in [0.25, 0.3) is 5.69 Å². The lowest BCUT2D eigenvalue weighted by Gasteiger charge is -2.28. The van der Waals surface area contributed by atoms with Crippen molar-refractivity contribution < 1.29 is 4.92 Å². The number of hydrogen-bond acceptors (Lipinski definition) is 4. The van der Waals surface area contributed by atoms with Crippen LogP contribution in [0.15, 0.2) is 18.3 Å². The van der Waals surface area contributed by atoms with Crippen molar-refractivity contribution in [3.8, 4) is 0 Å². The average Bonchev–Trinajstić information content (AvgIpc) is 3.23. The number of nitrogens with zero attached hydrogens (tertiary/aromatic N) is 4. The van der Waals surface area contributed by atoms with Crippen molar-refractivity contribution in [1.82, 2.24) is 9.78 Å². The molecule has 1 aliphatic carbocycles. The average molecular weight is 314 g/mol. The smallest absolute Gasteiger partial charge is 0.293 e. The van der Waals surface area contributed by atoms with Gasteiger partial charge in [-0.2, -0.15) is 5.10 Å². The fourth-order valence-electron chi connectivity index (χ4n) is 3.96. The molecule has 2 aliphatic rings. The predicted molar refractivity (Wildman–Crippen MR) is 90.0 cm³/mol. The van der Waals surface area contributed by atoms with Crippen LogP contribution in [0.4, 0.5) is 11.4 Å². The molecule has 1 aliphatic heterocycles. The monoisotopic (exact) mass is 314 g/mol. The zero-order chi connectivity index (χ0) is 15.8. The minimum absolute atomic E-state index is 0.213. The Kier molecular flexibility index (Phi) is 3.67. The van der Waals surface area contributed by atoms with E-state index in [9.17, 15) is 10.1 Å². The number of aromatic nitrogens is 2. The first-order chi connectivity index (χ1) is 11.2. The Labute approximate surface area is 135 Å². The molecule has 122 valence electrons. The first kappa shape index (κ1) is 14.5. The summed E-state index contributed by atoms with van der Waals surface area (Å²) in [5.74, 6) is 0. The van der Waals surface area contributed by atoms with Crippen molar-refractivity contribution in [3.63, 3.8) is 0 Å². The van der Waals surface area contributed by atoms with Gasteiger partial charge in [0.2, 0.25) is 0 Å². The van der Waals surface area contributed by atoms with Crippen LogP contribution in [-0.2, 0) is 0 Å². The summed E-state index contributed by atoms with van der Waals surface area (Å²) in [6, 6.07) is 4.09. The maximum atomic E-state index is 11.5. The largest absolute Gasteiger partial charge is 0.366 e. The molecule has 2 fully saturated rings. The molecular formula is C17H22N4O2. The van der Waals surface area contributed by atoms with Crippen molar-refractivity contribution in [1.29, 1.82) is 0 Å². The van der Waals surface area contributed by atoms with Crippen molar-refractivity contribution in [2.45, 2.75) is 51.0 Å². The molecule has 1 saturated carbocycles. The van der Waals surface area contributed by atoms with E-state index in [-0.39, 0.29) is 10.6 Å². The minimum Gasteiger partial charge on any atom is -0.366 e. The lowest BCUT2D eigenvalue weighted by atomic mass is 10.1. The summed E-state index contributed by atoms with van der Waals surface area (Å²) in [5.41, 5.74) is 1.83. The second kappa shape index (κ2) is 5.83. The summed E-state index contributed by atoms with van der Waals surface area (Å²) < 4.78 is 2.03. The first-order valence-corrected chi connectivity index (χ1v) is 8.64. The van der Waals surface area contributed by atoms with E-state index < -0.39 is 0 Å². The van der Waals surface area contributed by atoms with Crippen LogP contribution in [-0.4, -0.2) is 27.8 Å². The lowest BCUT2D eigenvalue weighted by molar-refractivity contribution is -0.384. The van der Waals surface area contributed by atoms with Gasteiger partial charge in [0.15, 0.2) is 0 Å². The molecule has 0 unspecified atom stereocenters. The third-order valence-electron chi connectivity index (χ3n) is 5.21. The van der Waals surface area contributed by atoms with Crippen molar-refractivity contribution >= 4 is 22.3 Å². The molecule has 2 aromatic rings. The normalized spacial score (nSPS) is 19.6. The Morgan fingerprint density at radius 1 is 1.09 bits per heavy atom. The number of benzene rings is 1. The molecule has 0 radical (unpaired) electrons. The van der Waals surface area contributed by atoms with Crippen LogP contribution in [0, 0.1) is 10.1 Å². The van der Waals surface area contributed by atoms with E-state index >= 15 is 0 Å². The van der Waals surface area contributed by atoms with Crippen LogP contribution < -0.4 is 4.90 Å². The summed E-state index contributed by atoms with van der Waals surface area (Å²) in [5, 5.41) is 17.1. The summed E-state index contributed by atoms with van der Waals surface area (Å²) in [7, 11) is 0. The first-order valence-electron chi connectivity index (χ1n) is 8.64. The molecule has 1 aromatic carbocycles. The number of piperidine rings is 1. The SMILES string of the molecule is O=[N+]([O-])c1cc2cn(C3CCCC3)nc2cc1N1CCCCC1.